The first-order chi connectivity index (χ1) is 8.93. The average molecular weight is 282 g/mol. The van der Waals surface area contributed by atoms with Gasteiger partial charge in [0.05, 0.1) is 17.8 Å². The third-order valence-corrected chi connectivity index (χ3v) is 6.07. The molecule has 0 aromatic heterocycles. The van der Waals surface area contributed by atoms with Crippen LogP contribution in [-0.4, -0.2) is 49.6 Å². The first kappa shape index (κ1) is 14.2. The molecule has 20 heavy (non-hydrogen) atoms. The second-order valence-corrected chi connectivity index (χ2v) is 7.51. The number of rotatable bonds is 0. The largest absolute Gasteiger partial charge is 0.388 e. The lowest BCUT2D eigenvalue weighted by Gasteiger charge is -2.48. The van der Waals surface area contributed by atoms with Gasteiger partial charge in [-0.2, -0.15) is 0 Å². The summed E-state index contributed by atoms with van der Waals surface area (Å²) in [6, 6.07) is 0. The molecule has 0 bridgehead atoms. The molecule has 0 amide bonds. The van der Waals surface area contributed by atoms with Crippen molar-refractivity contribution in [1.82, 2.24) is 0 Å². The zero-order valence-corrected chi connectivity index (χ0v) is 12.3. The number of Topliss-reactive ketones (excluding diaryl/α,β-unsaturated/α-hetero) is 1. The smallest absolute Gasteiger partial charge is 0.193 e. The molecule has 3 aliphatic rings. The summed E-state index contributed by atoms with van der Waals surface area (Å²) >= 11 is 0. The maximum atomic E-state index is 12.6. The number of hydrogen-bond donors (Lipinski definition) is 4. The molecule has 5 heteroatoms. The van der Waals surface area contributed by atoms with Gasteiger partial charge in [-0.15, -0.1) is 0 Å². The Morgan fingerprint density at radius 2 is 1.45 bits per heavy atom. The van der Waals surface area contributed by atoms with Gasteiger partial charge in [0, 0.05) is 22.0 Å². The van der Waals surface area contributed by atoms with Crippen molar-refractivity contribution in [2.75, 3.05) is 0 Å². The number of carbonyl (C=O) groups excluding carboxylic acids is 1. The van der Waals surface area contributed by atoms with E-state index in [1.807, 2.05) is 0 Å². The summed E-state index contributed by atoms with van der Waals surface area (Å²) in [6.07, 6.45) is -1.23. The van der Waals surface area contributed by atoms with E-state index in [1.165, 1.54) is 13.8 Å². The standard InChI is InChI=1S/C15H22O5/c1-12(2)9(16)7-8(11(12)18)13(3,19)15(5-6-15)14(4,20)10(7)17/h9,11,16,18-20H,5-6H2,1-4H3. The molecule has 4 N–H and O–H groups in total. The lowest BCUT2D eigenvalue weighted by atomic mass is 9.61. The van der Waals surface area contributed by atoms with E-state index in [0.717, 1.165) is 0 Å². The van der Waals surface area contributed by atoms with Crippen LogP contribution in [0.25, 0.3) is 0 Å². The third-order valence-electron chi connectivity index (χ3n) is 6.07. The number of ketones is 1. The van der Waals surface area contributed by atoms with E-state index in [4.69, 9.17) is 0 Å². The fraction of sp³-hybridized carbons (Fsp3) is 0.800. The Hall–Kier alpha value is -0.750. The fourth-order valence-electron chi connectivity index (χ4n) is 4.27. The van der Waals surface area contributed by atoms with Crippen LogP contribution >= 0.6 is 0 Å². The second-order valence-electron chi connectivity index (χ2n) is 7.51. The molecule has 0 saturated heterocycles. The first-order valence-electron chi connectivity index (χ1n) is 7.03. The van der Waals surface area contributed by atoms with Crippen molar-refractivity contribution in [1.29, 1.82) is 0 Å². The number of aliphatic hydroxyl groups excluding tert-OH is 2. The van der Waals surface area contributed by atoms with Crippen LogP contribution in [-0.2, 0) is 4.79 Å². The molecular weight excluding hydrogens is 260 g/mol. The molecule has 4 atom stereocenters. The van der Waals surface area contributed by atoms with Crippen molar-refractivity contribution in [2.24, 2.45) is 10.8 Å². The fourth-order valence-corrected chi connectivity index (χ4v) is 4.27. The summed E-state index contributed by atoms with van der Waals surface area (Å²) in [6.45, 7) is 6.25. The summed E-state index contributed by atoms with van der Waals surface area (Å²) in [5, 5.41) is 42.5. The van der Waals surface area contributed by atoms with Gasteiger partial charge in [-0.25, -0.2) is 0 Å². The molecule has 5 nitrogen and oxygen atoms in total. The molecule has 1 spiro atoms. The summed E-state index contributed by atoms with van der Waals surface area (Å²) in [5.74, 6) is -0.561. The van der Waals surface area contributed by atoms with Crippen LogP contribution in [0.4, 0.5) is 0 Å². The van der Waals surface area contributed by atoms with Gasteiger partial charge in [0.15, 0.2) is 5.78 Å². The van der Waals surface area contributed by atoms with Crippen LogP contribution in [0.2, 0.25) is 0 Å². The van der Waals surface area contributed by atoms with Gasteiger partial charge in [0.25, 0.3) is 0 Å². The van der Waals surface area contributed by atoms with E-state index >= 15 is 0 Å². The number of hydrogen-bond acceptors (Lipinski definition) is 5. The Bertz CT molecular complexity index is 536. The van der Waals surface area contributed by atoms with Crippen molar-refractivity contribution >= 4 is 5.78 Å². The Balaban J connectivity index is 2.28. The summed E-state index contributed by atoms with van der Waals surface area (Å²) in [5.41, 5.74) is -4.92. The van der Waals surface area contributed by atoms with Crippen molar-refractivity contribution in [3.05, 3.63) is 11.1 Å². The third kappa shape index (κ3) is 1.18. The minimum Gasteiger partial charge on any atom is -0.388 e. The van der Waals surface area contributed by atoms with Crippen molar-refractivity contribution < 1.29 is 25.2 Å². The first-order valence-corrected chi connectivity index (χ1v) is 7.03. The van der Waals surface area contributed by atoms with Gasteiger partial charge in [0.2, 0.25) is 0 Å². The quantitative estimate of drug-likeness (QED) is 0.498. The SMILES string of the molecule is CC1(C)C(O)C2=C(C1O)C(C)(O)C1(CC1)C(C)(O)C2=O. The molecule has 0 heterocycles. The highest BCUT2D eigenvalue weighted by Gasteiger charge is 2.76. The van der Waals surface area contributed by atoms with Gasteiger partial charge < -0.3 is 20.4 Å². The predicted octanol–water partition coefficient (Wildman–Crippen LogP) is -0.0905. The van der Waals surface area contributed by atoms with Crippen LogP contribution < -0.4 is 0 Å². The summed E-state index contributed by atoms with van der Waals surface area (Å²) < 4.78 is 0. The van der Waals surface area contributed by atoms with E-state index in [-0.39, 0.29) is 11.1 Å². The number of aliphatic hydroxyl groups is 4. The van der Waals surface area contributed by atoms with Crippen LogP contribution in [0, 0.1) is 10.8 Å². The maximum absolute atomic E-state index is 12.6. The molecule has 4 unspecified atom stereocenters. The van der Waals surface area contributed by atoms with Gasteiger partial charge in [0.1, 0.15) is 5.60 Å². The molecule has 1 saturated carbocycles. The van der Waals surface area contributed by atoms with Crippen LogP contribution in [0.15, 0.2) is 11.1 Å². The zero-order chi connectivity index (χ0) is 15.3. The van der Waals surface area contributed by atoms with Crippen molar-refractivity contribution in [2.45, 2.75) is 63.9 Å². The van der Waals surface area contributed by atoms with E-state index in [2.05, 4.69) is 0 Å². The monoisotopic (exact) mass is 282 g/mol. The topological polar surface area (TPSA) is 98.0 Å². The van der Waals surface area contributed by atoms with E-state index < -0.39 is 40.0 Å². The predicted molar refractivity (Wildman–Crippen MR) is 70.7 cm³/mol. The Morgan fingerprint density at radius 3 is 1.90 bits per heavy atom. The lowest BCUT2D eigenvalue weighted by Crippen LogP contribution is -2.61. The molecule has 1 fully saturated rings. The maximum Gasteiger partial charge on any atom is 0.193 e. The minimum atomic E-state index is -1.71. The second kappa shape index (κ2) is 3.35. The molecule has 112 valence electrons. The Labute approximate surface area is 117 Å². The van der Waals surface area contributed by atoms with Crippen LogP contribution in [0.5, 0.6) is 0 Å². The minimum absolute atomic E-state index is 0.00461. The molecular formula is C15H22O5. The van der Waals surface area contributed by atoms with Crippen molar-refractivity contribution in [3.63, 3.8) is 0 Å². The Morgan fingerprint density at radius 1 is 0.950 bits per heavy atom. The van der Waals surface area contributed by atoms with Crippen LogP contribution in [0.1, 0.15) is 40.5 Å². The van der Waals surface area contributed by atoms with Gasteiger partial charge in [-0.3, -0.25) is 4.79 Å². The highest BCUT2D eigenvalue weighted by atomic mass is 16.3. The molecule has 0 aliphatic heterocycles. The van der Waals surface area contributed by atoms with Gasteiger partial charge >= 0.3 is 0 Å². The van der Waals surface area contributed by atoms with E-state index in [9.17, 15) is 25.2 Å². The molecule has 3 rings (SSSR count). The van der Waals surface area contributed by atoms with Gasteiger partial charge in [-0.05, 0) is 26.7 Å². The van der Waals surface area contributed by atoms with Gasteiger partial charge in [-0.1, -0.05) is 13.8 Å². The average Bonchev–Trinajstić information content (AvgIpc) is 3.10. The lowest BCUT2D eigenvalue weighted by molar-refractivity contribution is -0.160. The highest BCUT2D eigenvalue weighted by molar-refractivity contribution is 6.06. The Kier molecular flexibility index (Phi) is 2.38. The molecule has 0 radical (unpaired) electrons. The van der Waals surface area contributed by atoms with Crippen LogP contribution in [0.3, 0.4) is 0 Å². The molecule has 3 aliphatic carbocycles. The highest BCUT2D eigenvalue weighted by Crippen LogP contribution is 2.68. The normalized spacial score (nSPS) is 48.7. The number of carbonyl (C=O) groups is 1. The summed E-state index contributed by atoms with van der Waals surface area (Å²) in [7, 11) is 0. The molecule has 0 aromatic carbocycles. The zero-order valence-electron chi connectivity index (χ0n) is 12.3. The molecule has 0 aromatic rings. The van der Waals surface area contributed by atoms with E-state index in [0.29, 0.717) is 12.8 Å². The summed E-state index contributed by atoms with van der Waals surface area (Å²) in [4.78, 5) is 12.6. The van der Waals surface area contributed by atoms with E-state index in [1.54, 1.807) is 13.8 Å². The van der Waals surface area contributed by atoms with Crippen molar-refractivity contribution in [3.8, 4) is 0 Å².